The number of Topliss-reactive ketones (excluding diaryl/α,β-unsaturated/α-hetero) is 1. The highest BCUT2D eigenvalue weighted by Gasteiger charge is 2.34. The zero-order chi connectivity index (χ0) is 18.7. The standard InChI is InChI=1S/C19H18FN3O3/c1-12(24)17-11-16(22-23(17)14-6-4-3-5-7-14)19(25)21-15-9-8-13(20)10-18(15)26-2/h3-10,17H,11H2,1-2H3,(H,21,25). The first kappa shape index (κ1) is 17.6. The number of anilines is 2. The van der Waals surface area contributed by atoms with Crippen LogP contribution in [0.25, 0.3) is 0 Å². The van der Waals surface area contributed by atoms with Crippen LogP contribution in [0, 0.1) is 5.82 Å². The molecule has 2 aromatic rings. The van der Waals surface area contributed by atoms with Crippen molar-refractivity contribution in [1.82, 2.24) is 0 Å². The van der Waals surface area contributed by atoms with Gasteiger partial charge in [0.2, 0.25) is 0 Å². The van der Waals surface area contributed by atoms with Crippen LogP contribution in [-0.4, -0.2) is 30.6 Å². The molecule has 1 unspecified atom stereocenters. The lowest BCUT2D eigenvalue weighted by Crippen LogP contribution is -2.33. The molecule has 134 valence electrons. The molecule has 1 aliphatic heterocycles. The van der Waals surface area contributed by atoms with E-state index in [1.165, 1.54) is 32.2 Å². The number of hydrogen-bond donors (Lipinski definition) is 1. The number of methoxy groups -OCH3 is 1. The maximum Gasteiger partial charge on any atom is 0.272 e. The molecule has 0 aliphatic carbocycles. The Morgan fingerprint density at radius 3 is 2.62 bits per heavy atom. The normalized spacial score (nSPS) is 16.2. The first-order chi connectivity index (χ1) is 12.5. The van der Waals surface area contributed by atoms with Gasteiger partial charge < -0.3 is 10.1 Å². The van der Waals surface area contributed by atoms with Gasteiger partial charge in [0, 0.05) is 12.5 Å². The predicted octanol–water partition coefficient (Wildman–Crippen LogP) is 3.00. The number of benzene rings is 2. The number of halogens is 1. The van der Waals surface area contributed by atoms with Gasteiger partial charge in [-0.05, 0) is 31.2 Å². The second-order valence-electron chi connectivity index (χ2n) is 5.86. The van der Waals surface area contributed by atoms with Crippen LogP contribution in [0.2, 0.25) is 0 Å². The number of hydrogen-bond acceptors (Lipinski definition) is 5. The SMILES string of the molecule is COc1cc(F)ccc1NC(=O)C1=NN(c2ccccc2)C(C(C)=O)C1. The maximum absolute atomic E-state index is 13.3. The Balaban J connectivity index is 1.84. The molecule has 2 aromatic carbocycles. The van der Waals surface area contributed by atoms with E-state index in [0.717, 1.165) is 5.69 Å². The van der Waals surface area contributed by atoms with E-state index in [9.17, 15) is 14.0 Å². The lowest BCUT2D eigenvalue weighted by Gasteiger charge is -2.20. The molecule has 0 radical (unpaired) electrons. The highest BCUT2D eigenvalue weighted by molar-refractivity contribution is 6.44. The summed E-state index contributed by atoms with van der Waals surface area (Å²) in [6.45, 7) is 1.47. The number of amides is 1. The van der Waals surface area contributed by atoms with E-state index >= 15 is 0 Å². The fraction of sp³-hybridized carbons (Fsp3) is 0.211. The molecule has 0 aromatic heterocycles. The number of rotatable bonds is 5. The summed E-state index contributed by atoms with van der Waals surface area (Å²) < 4.78 is 18.4. The molecule has 1 amide bonds. The average Bonchev–Trinajstić information content (AvgIpc) is 3.10. The van der Waals surface area contributed by atoms with Crippen molar-refractivity contribution in [1.29, 1.82) is 0 Å². The summed E-state index contributed by atoms with van der Waals surface area (Å²) in [5.74, 6) is -0.802. The van der Waals surface area contributed by atoms with Gasteiger partial charge in [-0.2, -0.15) is 5.10 Å². The second-order valence-corrected chi connectivity index (χ2v) is 5.86. The van der Waals surface area contributed by atoms with Gasteiger partial charge in [0.05, 0.1) is 18.5 Å². The highest BCUT2D eigenvalue weighted by atomic mass is 19.1. The Bertz CT molecular complexity index is 868. The molecule has 1 N–H and O–H groups in total. The molecule has 26 heavy (non-hydrogen) atoms. The van der Waals surface area contributed by atoms with Gasteiger partial charge in [0.25, 0.3) is 5.91 Å². The molecule has 0 spiro atoms. The summed E-state index contributed by atoms with van der Waals surface area (Å²) in [5.41, 5.74) is 1.29. The van der Waals surface area contributed by atoms with Crippen LogP contribution < -0.4 is 15.1 Å². The molecule has 6 nitrogen and oxygen atoms in total. The number of para-hydroxylation sites is 1. The van der Waals surface area contributed by atoms with Gasteiger partial charge in [-0.15, -0.1) is 0 Å². The first-order valence-electron chi connectivity index (χ1n) is 8.06. The van der Waals surface area contributed by atoms with Crippen molar-refractivity contribution in [2.45, 2.75) is 19.4 Å². The Hall–Kier alpha value is -3.22. The van der Waals surface area contributed by atoms with E-state index in [1.807, 2.05) is 30.3 Å². The fourth-order valence-electron chi connectivity index (χ4n) is 2.75. The van der Waals surface area contributed by atoms with E-state index in [1.54, 1.807) is 5.01 Å². The summed E-state index contributed by atoms with van der Waals surface area (Å²) in [7, 11) is 1.39. The van der Waals surface area contributed by atoms with Crippen LogP contribution in [0.4, 0.5) is 15.8 Å². The van der Waals surface area contributed by atoms with Crippen LogP contribution >= 0.6 is 0 Å². The summed E-state index contributed by atoms with van der Waals surface area (Å²) in [4.78, 5) is 24.6. The third-order valence-corrected chi connectivity index (χ3v) is 4.07. The lowest BCUT2D eigenvalue weighted by molar-refractivity contribution is -0.118. The van der Waals surface area contributed by atoms with Gasteiger partial charge in [0.15, 0.2) is 5.78 Å². The molecule has 0 saturated heterocycles. The molecule has 0 bridgehead atoms. The number of carbonyl (C=O) groups excluding carboxylic acids is 2. The first-order valence-corrected chi connectivity index (χ1v) is 8.06. The smallest absolute Gasteiger partial charge is 0.272 e. The van der Waals surface area contributed by atoms with Gasteiger partial charge in [0.1, 0.15) is 23.3 Å². The topological polar surface area (TPSA) is 71.0 Å². The maximum atomic E-state index is 13.3. The largest absolute Gasteiger partial charge is 0.494 e. The van der Waals surface area contributed by atoms with Crippen molar-refractivity contribution < 1.29 is 18.7 Å². The van der Waals surface area contributed by atoms with Crippen LogP contribution in [0.5, 0.6) is 5.75 Å². The zero-order valence-electron chi connectivity index (χ0n) is 14.4. The molecule has 1 heterocycles. The Labute approximate surface area is 150 Å². The third kappa shape index (κ3) is 3.56. The minimum atomic E-state index is -0.534. The molecule has 1 atom stereocenters. The van der Waals surface area contributed by atoms with Crippen molar-refractivity contribution in [3.05, 3.63) is 54.3 Å². The van der Waals surface area contributed by atoms with E-state index < -0.39 is 17.8 Å². The molecular weight excluding hydrogens is 337 g/mol. The van der Waals surface area contributed by atoms with Gasteiger partial charge in [-0.1, -0.05) is 18.2 Å². The van der Waals surface area contributed by atoms with Gasteiger partial charge >= 0.3 is 0 Å². The van der Waals surface area contributed by atoms with Crippen LogP contribution in [0.15, 0.2) is 53.6 Å². The van der Waals surface area contributed by atoms with E-state index in [2.05, 4.69) is 10.4 Å². The Morgan fingerprint density at radius 2 is 1.96 bits per heavy atom. The van der Waals surface area contributed by atoms with Crippen molar-refractivity contribution in [3.8, 4) is 5.75 Å². The fourth-order valence-corrected chi connectivity index (χ4v) is 2.75. The molecule has 1 aliphatic rings. The number of ketones is 1. The molecule has 0 fully saturated rings. The quantitative estimate of drug-likeness (QED) is 0.895. The highest BCUT2D eigenvalue weighted by Crippen LogP contribution is 2.28. The second kappa shape index (κ2) is 7.35. The minimum Gasteiger partial charge on any atom is -0.494 e. The van der Waals surface area contributed by atoms with Crippen LogP contribution in [-0.2, 0) is 9.59 Å². The summed E-state index contributed by atoms with van der Waals surface area (Å²) in [6.07, 6.45) is 0.194. The average molecular weight is 355 g/mol. The van der Waals surface area contributed by atoms with Crippen molar-refractivity contribution in [2.24, 2.45) is 5.10 Å². The molecule has 7 heteroatoms. The van der Waals surface area contributed by atoms with Crippen molar-refractivity contribution in [3.63, 3.8) is 0 Å². The zero-order valence-corrected chi connectivity index (χ0v) is 14.4. The third-order valence-electron chi connectivity index (χ3n) is 4.07. The Kier molecular flexibility index (Phi) is 4.97. The number of hydrazone groups is 1. The van der Waals surface area contributed by atoms with Crippen LogP contribution in [0.3, 0.4) is 0 Å². The van der Waals surface area contributed by atoms with E-state index in [0.29, 0.717) is 5.69 Å². The Morgan fingerprint density at radius 1 is 1.23 bits per heavy atom. The number of carbonyl (C=O) groups is 2. The molecule has 3 rings (SSSR count). The predicted molar refractivity (Wildman–Crippen MR) is 97.0 cm³/mol. The van der Waals surface area contributed by atoms with E-state index in [4.69, 9.17) is 4.74 Å². The van der Waals surface area contributed by atoms with Gasteiger partial charge in [-0.3, -0.25) is 14.6 Å². The monoisotopic (exact) mass is 355 g/mol. The summed E-state index contributed by atoms with van der Waals surface area (Å²) in [6, 6.07) is 12.5. The van der Waals surface area contributed by atoms with E-state index in [-0.39, 0.29) is 23.7 Å². The number of ether oxygens (including phenoxy) is 1. The lowest BCUT2D eigenvalue weighted by atomic mass is 10.1. The number of nitrogens with zero attached hydrogens (tertiary/aromatic N) is 2. The summed E-state index contributed by atoms with van der Waals surface area (Å²) in [5, 5.41) is 8.55. The van der Waals surface area contributed by atoms with Gasteiger partial charge in [-0.25, -0.2) is 4.39 Å². The van der Waals surface area contributed by atoms with Crippen LogP contribution in [0.1, 0.15) is 13.3 Å². The number of nitrogens with one attached hydrogen (secondary N) is 1. The van der Waals surface area contributed by atoms with Crippen molar-refractivity contribution >= 4 is 28.8 Å². The minimum absolute atomic E-state index is 0.0836. The molecular formula is C19H18FN3O3. The molecule has 0 saturated carbocycles. The summed E-state index contributed by atoms with van der Waals surface area (Å²) >= 11 is 0. The van der Waals surface area contributed by atoms with Crippen molar-refractivity contribution in [2.75, 3.05) is 17.4 Å².